The monoisotopic (exact) mass is 716 g/mol. The lowest BCUT2D eigenvalue weighted by molar-refractivity contribution is 1.17. The van der Waals surface area contributed by atoms with E-state index in [-0.39, 0.29) is 0 Å². The van der Waals surface area contributed by atoms with Crippen LogP contribution < -0.4 is 0 Å². The van der Waals surface area contributed by atoms with Gasteiger partial charge in [-0.15, -0.1) is 0 Å². The fourth-order valence-corrected chi connectivity index (χ4v) is 10.2. The number of benzene rings is 9. The predicted molar refractivity (Wildman–Crippen MR) is 233 cm³/mol. The second-order valence-corrected chi connectivity index (χ2v) is 15.6. The summed E-state index contributed by atoms with van der Waals surface area (Å²) in [5, 5.41) is 7.74. The summed E-state index contributed by atoms with van der Waals surface area (Å²) in [4.78, 5) is 2.58. The molecule has 0 saturated heterocycles. The standard InChI is InChI=1S/C52H32N2S/c1-4-13-33(14-5-1)35-23-26-46-42(29-35)43-30-36(34-15-6-2-7-16-34)24-27-47(43)54(46)38-25-28-49-44(31-38)39-20-12-21-41-51-40-19-10-11-22-45(40)53(37-17-8-3-9-18-37)48(51)32-50(55-49)52(39)41/h1-32H. The fraction of sp³-hybridized carbons (Fsp3) is 0. The predicted octanol–water partition coefficient (Wildman–Crippen LogP) is 14.5. The average molecular weight is 717 g/mol. The first kappa shape index (κ1) is 30.6. The molecule has 2 aromatic heterocycles. The molecule has 55 heavy (non-hydrogen) atoms. The molecular weight excluding hydrogens is 685 g/mol. The number of aromatic nitrogens is 2. The van der Waals surface area contributed by atoms with Crippen LogP contribution in [0.3, 0.4) is 0 Å². The third-order valence-electron chi connectivity index (χ3n) is 11.5. The summed E-state index contributed by atoms with van der Waals surface area (Å²) in [5.41, 5.74) is 14.7. The highest BCUT2D eigenvalue weighted by molar-refractivity contribution is 7.99. The van der Waals surface area contributed by atoms with Crippen molar-refractivity contribution in [1.82, 2.24) is 9.13 Å². The molecule has 3 heterocycles. The van der Waals surface area contributed by atoms with Gasteiger partial charge in [-0.1, -0.05) is 139 Å². The largest absolute Gasteiger partial charge is 0.309 e. The van der Waals surface area contributed by atoms with E-state index in [0.29, 0.717) is 0 Å². The lowest BCUT2D eigenvalue weighted by Crippen LogP contribution is -1.99. The number of para-hydroxylation sites is 2. The molecule has 0 aliphatic carbocycles. The molecule has 9 aromatic carbocycles. The normalized spacial score (nSPS) is 12.3. The Balaban J connectivity index is 1.09. The lowest BCUT2D eigenvalue weighted by atomic mass is 9.94. The lowest BCUT2D eigenvalue weighted by Gasteiger charge is -2.22. The van der Waals surface area contributed by atoms with Gasteiger partial charge in [0.15, 0.2) is 0 Å². The molecule has 2 nitrogen and oxygen atoms in total. The first-order valence-corrected chi connectivity index (χ1v) is 19.7. The van der Waals surface area contributed by atoms with Crippen LogP contribution in [-0.2, 0) is 0 Å². The maximum Gasteiger partial charge on any atom is 0.0558 e. The van der Waals surface area contributed by atoms with Crippen LogP contribution in [0.4, 0.5) is 0 Å². The molecule has 0 bridgehead atoms. The molecule has 0 unspecified atom stereocenters. The van der Waals surface area contributed by atoms with Gasteiger partial charge in [0.25, 0.3) is 0 Å². The van der Waals surface area contributed by atoms with Crippen LogP contribution in [-0.4, -0.2) is 9.13 Å². The third kappa shape index (κ3) is 4.57. The molecular formula is C52H32N2S. The van der Waals surface area contributed by atoms with E-state index in [0.717, 1.165) is 0 Å². The molecule has 3 heteroatoms. The van der Waals surface area contributed by atoms with Crippen molar-refractivity contribution in [2.45, 2.75) is 9.79 Å². The Morgan fingerprint density at radius 2 is 0.873 bits per heavy atom. The summed E-state index contributed by atoms with van der Waals surface area (Å²) >= 11 is 1.89. The molecule has 0 saturated carbocycles. The summed E-state index contributed by atoms with van der Waals surface area (Å²) in [6.45, 7) is 0. The third-order valence-corrected chi connectivity index (χ3v) is 12.6. The second-order valence-electron chi connectivity index (χ2n) is 14.5. The Hall–Kier alpha value is -6.81. The molecule has 256 valence electrons. The van der Waals surface area contributed by atoms with Gasteiger partial charge in [-0.05, 0) is 105 Å². The van der Waals surface area contributed by atoms with E-state index in [2.05, 4.69) is 203 Å². The molecule has 1 aliphatic heterocycles. The number of fused-ring (bicyclic) bond motifs is 9. The van der Waals surface area contributed by atoms with Crippen LogP contribution >= 0.6 is 11.8 Å². The Morgan fingerprint density at radius 1 is 0.291 bits per heavy atom. The fourth-order valence-electron chi connectivity index (χ4n) is 9.06. The van der Waals surface area contributed by atoms with Crippen molar-refractivity contribution in [2.24, 2.45) is 0 Å². The Morgan fingerprint density at radius 3 is 1.56 bits per heavy atom. The smallest absolute Gasteiger partial charge is 0.0558 e. The Labute approximate surface area is 322 Å². The number of nitrogens with zero attached hydrogens (tertiary/aromatic N) is 2. The van der Waals surface area contributed by atoms with E-state index in [1.165, 1.54) is 109 Å². The highest BCUT2D eigenvalue weighted by Crippen LogP contribution is 2.52. The van der Waals surface area contributed by atoms with E-state index in [1.807, 2.05) is 11.8 Å². The zero-order valence-corrected chi connectivity index (χ0v) is 30.6. The molecule has 0 spiro atoms. The summed E-state index contributed by atoms with van der Waals surface area (Å²) in [6, 6.07) is 71.3. The van der Waals surface area contributed by atoms with Gasteiger partial charge in [0.1, 0.15) is 0 Å². The van der Waals surface area contributed by atoms with E-state index in [4.69, 9.17) is 0 Å². The Bertz CT molecular complexity index is 3220. The minimum Gasteiger partial charge on any atom is -0.309 e. The molecule has 0 atom stereocenters. The first-order valence-electron chi connectivity index (χ1n) is 18.8. The van der Waals surface area contributed by atoms with Gasteiger partial charge in [-0.25, -0.2) is 0 Å². The maximum atomic E-state index is 2.46. The van der Waals surface area contributed by atoms with Crippen molar-refractivity contribution in [3.8, 4) is 44.8 Å². The Kier molecular flexibility index (Phi) is 6.60. The number of hydrogen-bond donors (Lipinski definition) is 0. The molecule has 1 aliphatic rings. The van der Waals surface area contributed by atoms with Crippen LogP contribution in [0.25, 0.3) is 99.1 Å². The van der Waals surface area contributed by atoms with Crippen LogP contribution in [0.2, 0.25) is 0 Å². The van der Waals surface area contributed by atoms with Gasteiger partial charge in [0, 0.05) is 48.1 Å². The highest BCUT2D eigenvalue weighted by Gasteiger charge is 2.25. The maximum absolute atomic E-state index is 2.46. The van der Waals surface area contributed by atoms with Crippen molar-refractivity contribution in [3.05, 3.63) is 194 Å². The average Bonchev–Trinajstić information content (AvgIpc) is 3.76. The summed E-state index contributed by atoms with van der Waals surface area (Å²) in [6.07, 6.45) is 0. The van der Waals surface area contributed by atoms with Crippen LogP contribution in [0.5, 0.6) is 0 Å². The van der Waals surface area contributed by atoms with Gasteiger partial charge in [0.05, 0.1) is 22.1 Å². The number of hydrogen-bond acceptors (Lipinski definition) is 1. The van der Waals surface area contributed by atoms with Crippen LogP contribution in [0.1, 0.15) is 0 Å². The van der Waals surface area contributed by atoms with Crippen molar-refractivity contribution in [1.29, 1.82) is 0 Å². The molecule has 0 fully saturated rings. The summed E-state index contributed by atoms with van der Waals surface area (Å²) in [5.74, 6) is 0. The zero-order chi connectivity index (χ0) is 36.0. The number of rotatable bonds is 4. The highest BCUT2D eigenvalue weighted by atomic mass is 32.2. The topological polar surface area (TPSA) is 9.86 Å². The summed E-state index contributed by atoms with van der Waals surface area (Å²) in [7, 11) is 0. The molecule has 0 amide bonds. The van der Waals surface area contributed by atoms with Gasteiger partial charge in [0.2, 0.25) is 0 Å². The minimum atomic E-state index is 1.17. The minimum absolute atomic E-state index is 1.17. The second kappa shape index (κ2) is 11.8. The van der Waals surface area contributed by atoms with E-state index in [9.17, 15) is 0 Å². The quantitative estimate of drug-likeness (QED) is 0.176. The van der Waals surface area contributed by atoms with Crippen molar-refractivity contribution >= 4 is 66.1 Å². The molecule has 0 radical (unpaired) electrons. The van der Waals surface area contributed by atoms with Gasteiger partial charge >= 0.3 is 0 Å². The van der Waals surface area contributed by atoms with Crippen LogP contribution in [0, 0.1) is 0 Å². The van der Waals surface area contributed by atoms with E-state index >= 15 is 0 Å². The van der Waals surface area contributed by atoms with Crippen molar-refractivity contribution in [3.63, 3.8) is 0 Å². The van der Waals surface area contributed by atoms with E-state index < -0.39 is 0 Å². The van der Waals surface area contributed by atoms with E-state index in [1.54, 1.807) is 0 Å². The van der Waals surface area contributed by atoms with Crippen LogP contribution in [0.15, 0.2) is 204 Å². The molecule has 0 N–H and O–H groups in total. The SMILES string of the molecule is c1ccc(-c2ccc3c(c2)c2cc(-c4ccccc4)ccc2n3-c2ccc3c(c2)-c2cccc4c2c(cc2c4c4ccccc4n2-c2ccccc2)S3)cc1. The molecule has 12 rings (SSSR count). The summed E-state index contributed by atoms with van der Waals surface area (Å²) < 4.78 is 4.90. The van der Waals surface area contributed by atoms with Gasteiger partial charge in [-0.2, -0.15) is 0 Å². The zero-order valence-electron chi connectivity index (χ0n) is 29.8. The van der Waals surface area contributed by atoms with Gasteiger partial charge < -0.3 is 9.13 Å². The van der Waals surface area contributed by atoms with Crippen molar-refractivity contribution in [2.75, 3.05) is 0 Å². The molecule has 11 aromatic rings. The first-order chi connectivity index (χ1) is 27.3. The van der Waals surface area contributed by atoms with Crippen molar-refractivity contribution < 1.29 is 0 Å². The van der Waals surface area contributed by atoms with Gasteiger partial charge in [-0.3, -0.25) is 0 Å².